The normalized spacial score (nSPS) is 14.3. The molecule has 1 aromatic heterocycles. The summed E-state index contributed by atoms with van der Waals surface area (Å²) in [5.74, 6) is -0.0794. The van der Waals surface area contributed by atoms with Gasteiger partial charge in [0.2, 0.25) is 5.91 Å². The Kier molecular flexibility index (Phi) is 7.11. The molecule has 0 spiro atoms. The molecule has 0 saturated carbocycles. The third kappa shape index (κ3) is 5.61. The molecule has 33 heavy (non-hydrogen) atoms. The first-order valence-electron chi connectivity index (χ1n) is 11.0. The number of anilines is 1. The second-order valence-corrected chi connectivity index (χ2v) is 8.79. The number of aromatic nitrogens is 2. The highest BCUT2D eigenvalue weighted by Crippen LogP contribution is 2.19. The summed E-state index contributed by atoms with van der Waals surface area (Å²) in [4.78, 5) is 29.3. The number of hydrogen-bond acceptors (Lipinski definition) is 4. The van der Waals surface area contributed by atoms with E-state index < -0.39 is 0 Å². The fourth-order valence-electron chi connectivity index (χ4n) is 3.93. The average Bonchev–Trinajstić information content (AvgIpc) is 3.27. The maximum Gasteiger partial charge on any atom is 0.257 e. The van der Waals surface area contributed by atoms with Crippen LogP contribution in [-0.4, -0.2) is 64.1 Å². The van der Waals surface area contributed by atoms with Crippen LogP contribution in [0.2, 0.25) is 5.02 Å². The summed E-state index contributed by atoms with van der Waals surface area (Å²) in [6, 6.07) is 13.5. The number of benzene rings is 2. The summed E-state index contributed by atoms with van der Waals surface area (Å²) in [5, 5.41) is 8.01. The zero-order valence-electron chi connectivity index (χ0n) is 18.9. The van der Waals surface area contributed by atoms with Gasteiger partial charge < -0.3 is 10.2 Å². The maximum absolute atomic E-state index is 12.9. The van der Waals surface area contributed by atoms with Crippen molar-refractivity contribution in [2.24, 2.45) is 0 Å². The van der Waals surface area contributed by atoms with Crippen molar-refractivity contribution in [3.8, 4) is 0 Å². The van der Waals surface area contributed by atoms with Gasteiger partial charge in [-0.05, 0) is 42.7 Å². The van der Waals surface area contributed by atoms with E-state index in [1.54, 1.807) is 17.1 Å². The maximum atomic E-state index is 12.9. The van der Waals surface area contributed by atoms with Crippen LogP contribution in [0.5, 0.6) is 0 Å². The van der Waals surface area contributed by atoms with Gasteiger partial charge in [-0.2, -0.15) is 5.10 Å². The van der Waals surface area contributed by atoms with Crippen molar-refractivity contribution in [3.05, 3.63) is 82.1 Å². The second kappa shape index (κ2) is 10.2. The molecule has 1 fully saturated rings. The highest BCUT2D eigenvalue weighted by atomic mass is 35.5. The first-order chi connectivity index (χ1) is 15.9. The summed E-state index contributed by atoms with van der Waals surface area (Å²) in [6.07, 6.45) is 3.36. The molecule has 1 saturated heterocycles. The molecule has 2 aromatic carbocycles. The van der Waals surface area contributed by atoms with E-state index in [1.807, 2.05) is 61.2 Å². The summed E-state index contributed by atoms with van der Waals surface area (Å²) in [7, 11) is 0. The van der Waals surface area contributed by atoms with Crippen LogP contribution in [-0.2, 0) is 11.3 Å². The smallest absolute Gasteiger partial charge is 0.257 e. The summed E-state index contributed by atoms with van der Waals surface area (Å²) >= 11 is 6.23. The van der Waals surface area contributed by atoms with Crippen LogP contribution in [0.4, 0.5) is 5.69 Å². The predicted molar refractivity (Wildman–Crippen MR) is 130 cm³/mol. The number of nitrogens with zero attached hydrogens (tertiary/aromatic N) is 4. The lowest BCUT2D eigenvalue weighted by atomic mass is 10.1. The molecule has 1 aliphatic rings. The number of hydrogen-bond donors (Lipinski definition) is 1. The zero-order valence-corrected chi connectivity index (χ0v) is 19.7. The number of piperazine rings is 1. The zero-order chi connectivity index (χ0) is 23.4. The molecule has 3 aromatic rings. The fourth-order valence-corrected chi connectivity index (χ4v) is 4.13. The standard InChI is InChI=1S/C25H28ClN5O2/c1-18-6-5-9-23(19(18)2)28-24(32)17-29-10-12-30(13-11-29)25(33)21-14-27-31(16-21)15-20-7-3-4-8-22(20)26/h3-9,14,16H,10-13,15,17H2,1-2H3,(H,28,32). The number of rotatable bonds is 6. The van der Waals surface area contributed by atoms with Gasteiger partial charge in [0.1, 0.15) is 0 Å². The Morgan fingerprint density at radius 2 is 1.79 bits per heavy atom. The second-order valence-electron chi connectivity index (χ2n) is 8.38. The molecule has 2 heterocycles. The van der Waals surface area contributed by atoms with Gasteiger partial charge in [-0.1, -0.05) is 41.9 Å². The Bertz CT molecular complexity index is 1150. The van der Waals surface area contributed by atoms with Gasteiger partial charge in [-0.25, -0.2) is 0 Å². The van der Waals surface area contributed by atoms with E-state index >= 15 is 0 Å². The van der Waals surface area contributed by atoms with Gasteiger partial charge in [0, 0.05) is 43.1 Å². The van der Waals surface area contributed by atoms with Crippen molar-refractivity contribution < 1.29 is 9.59 Å². The molecule has 1 aliphatic heterocycles. The van der Waals surface area contributed by atoms with E-state index in [9.17, 15) is 9.59 Å². The molecule has 1 N–H and O–H groups in total. The van der Waals surface area contributed by atoms with Gasteiger partial charge in [0.15, 0.2) is 0 Å². The van der Waals surface area contributed by atoms with Crippen molar-refractivity contribution in [1.29, 1.82) is 0 Å². The van der Waals surface area contributed by atoms with Crippen molar-refractivity contribution in [1.82, 2.24) is 19.6 Å². The SMILES string of the molecule is Cc1cccc(NC(=O)CN2CCN(C(=O)c3cnn(Cc4ccccc4Cl)c3)CC2)c1C. The number of nitrogens with one attached hydrogen (secondary N) is 1. The van der Waals surface area contributed by atoms with Crippen molar-refractivity contribution in [3.63, 3.8) is 0 Å². The third-order valence-corrected chi connectivity index (χ3v) is 6.44. The quantitative estimate of drug-likeness (QED) is 0.604. The largest absolute Gasteiger partial charge is 0.336 e. The Hall–Kier alpha value is -3.16. The van der Waals surface area contributed by atoms with Crippen LogP contribution in [0.25, 0.3) is 0 Å². The van der Waals surface area contributed by atoms with Crippen LogP contribution in [0.1, 0.15) is 27.0 Å². The van der Waals surface area contributed by atoms with E-state index in [2.05, 4.69) is 15.3 Å². The molecule has 8 heteroatoms. The molecule has 0 aliphatic carbocycles. The van der Waals surface area contributed by atoms with Crippen LogP contribution in [0.15, 0.2) is 54.9 Å². The van der Waals surface area contributed by atoms with Crippen LogP contribution < -0.4 is 5.32 Å². The molecular formula is C25H28ClN5O2. The van der Waals surface area contributed by atoms with Crippen molar-refractivity contribution in [2.75, 3.05) is 38.0 Å². The van der Waals surface area contributed by atoms with E-state index in [-0.39, 0.29) is 11.8 Å². The molecule has 4 rings (SSSR count). The van der Waals surface area contributed by atoms with Crippen molar-refractivity contribution >= 4 is 29.1 Å². The Labute approximate surface area is 198 Å². The van der Waals surface area contributed by atoms with E-state index in [1.165, 1.54) is 0 Å². The first kappa shape index (κ1) is 23.0. The minimum Gasteiger partial charge on any atom is -0.336 e. The molecule has 0 unspecified atom stereocenters. The molecule has 0 atom stereocenters. The number of carbonyl (C=O) groups is 2. The highest BCUT2D eigenvalue weighted by Gasteiger charge is 2.24. The molecule has 2 amide bonds. The highest BCUT2D eigenvalue weighted by molar-refractivity contribution is 6.31. The lowest BCUT2D eigenvalue weighted by Gasteiger charge is -2.34. The summed E-state index contributed by atoms with van der Waals surface area (Å²) in [5.41, 5.74) is 4.59. The Morgan fingerprint density at radius 1 is 1.03 bits per heavy atom. The molecule has 7 nitrogen and oxygen atoms in total. The Balaban J connectivity index is 1.28. The van der Waals surface area contributed by atoms with Crippen molar-refractivity contribution in [2.45, 2.75) is 20.4 Å². The number of halogens is 1. The van der Waals surface area contributed by atoms with Crippen LogP contribution in [0, 0.1) is 13.8 Å². The predicted octanol–water partition coefficient (Wildman–Crippen LogP) is 3.60. The van der Waals surface area contributed by atoms with E-state index in [4.69, 9.17) is 11.6 Å². The summed E-state index contributed by atoms with van der Waals surface area (Å²) in [6.45, 7) is 7.31. The van der Waals surface area contributed by atoms with Gasteiger partial charge >= 0.3 is 0 Å². The number of amides is 2. The van der Waals surface area contributed by atoms with Gasteiger partial charge in [-0.15, -0.1) is 0 Å². The van der Waals surface area contributed by atoms with Gasteiger partial charge in [0.25, 0.3) is 5.91 Å². The fraction of sp³-hybridized carbons (Fsp3) is 0.320. The molecule has 0 bridgehead atoms. The molecule has 172 valence electrons. The lowest BCUT2D eigenvalue weighted by molar-refractivity contribution is -0.117. The minimum atomic E-state index is -0.0418. The van der Waals surface area contributed by atoms with Gasteiger partial charge in [0.05, 0.1) is 24.8 Å². The van der Waals surface area contributed by atoms with E-state index in [0.717, 1.165) is 22.4 Å². The number of aryl methyl sites for hydroxylation is 1. The topological polar surface area (TPSA) is 70.5 Å². The summed E-state index contributed by atoms with van der Waals surface area (Å²) < 4.78 is 1.72. The van der Waals surface area contributed by atoms with Crippen LogP contribution in [0.3, 0.4) is 0 Å². The molecular weight excluding hydrogens is 438 g/mol. The third-order valence-electron chi connectivity index (χ3n) is 6.08. The minimum absolute atomic E-state index is 0.0377. The first-order valence-corrected chi connectivity index (χ1v) is 11.4. The van der Waals surface area contributed by atoms with Gasteiger partial charge in [-0.3, -0.25) is 19.2 Å². The number of carbonyl (C=O) groups excluding carboxylic acids is 2. The van der Waals surface area contributed by atoms with Crippen LogP contribution >= 0.6 is 11.6 Å². The monoisotopic (exact) mass is 465 g/mol. The lowest BCUT2D eigenvalue weighted by Crippen LogP contribution is -2.50. The average molecular weight is 466 g/mol. The van der Waals surface area contributed by atoms with E-state index in [0.29, 0.717) is 49.9 Å². The molecule has 0 radical (unpaired) electrons. The Morgan fingerprint density at radius 3 is 2.55 bits per heavy atom.